The summed E-state index contributed by atoms with van der Waals surface area (Å²) in [4.78, 5) is 0. The summed E-state index contributed by atoms with van der Waals surface area (Å²) in [6, 6.07) is 0. The Labute approximate surface area is 96.9 Å². The van der Waals surface area contributed by atoms with E-state index < -0.39 is 0 Å². The van der Waals surface area contributed by atoms with Crippen molar-refractivity contribution in [2.45, 2.75) is 0 Å². The first-order valence-corrected chi connectivity index (χ1v) is 0. The van der Waals surface area contributed by atoms with Gasteiger partial charge in [-0.05, 0) is 0 Å². The van der Waals surface area contributed by atoms with E-state index in [1.54, 1.807) is 0 Å². The summed E-state index contributed by atoms with van der Waals surface area (Å²) in [6.45, 7) is 0. The Morgan fingerprint density at radius 2 is 0.500 bits per heavy atom. The summed E-state index contributed by atoms with van der Waals surface area (Å²) < 4.78 is 0. The molecule has 0 unspecified atom stereocenters. The molecular formula is H8N2Na2S2. The van der Waals surface area contributed by atoms with Crippen molar-refractivity contribution >= 4 is 27.0 Å². The van der Waals surface area contributed by atoms with Crippen LogP contribution in [0.1, 0.15) is 0 Å². The van der Waals surface area contributed by atoms with E-state index in [0.29, 0.717) is 0 Å². The van der Waals surface area contributed by atoms with Crippen molar-refractivity contribution in [2.75, 3.05) is 0 Å². The molecule has 6 heteroatoms. The summed E-state index contributed by atoms with van der Waals surface area (Å²) in [5.41, 5.74) is 0. The van der Waals surface area contributed by atoms with Gasteiger partial charge in [0.2, 0.25) is 0 Å². The zero-order valence-corrected chi connectivity index (χ0v) is 10.4. The van der Waals surface area contributed by atoms with Gasteiger partial charge in [0.1, 0.15) is 0 Å². The average molecular weight is 146 g/mol. The molecule has 0 atom stereocenters. The zero-order chi connectivity index (χ0) is 0. The van der Waals surface area contributed by atoms with Gasteiger partial charge in [0.25, 0.3) is 0 Å². The van der Waals surface area contributed by atoms with Crippen LogP contribution in [0.3, 0.4) is 0 Å². The van der Waals surface area contributed by atoms with Gasteiger partial charge in [0, 0.05) is 0 Å². The molecule has 0 rings (SSSR count). The van der Waals surface area contributed by atoms with E-state index in [0.717, 1.165) is 0 Å². The topological polar surface area (TPSA) is 73.0 Å². The van der Waals surface area contributed by atoms with E-state index in [9.17, 15) is 0 Å². The molecule has 2 nitrogen and oxygen atoms in total. The van der Waals surface area contributed by atoms with Gasteiger partial charge in [-0.2, -0.15) is 0 Å². The molecule has 0 aromatic rings. The van der Waals surface area contributed by atoms with E-state index in [4.69, 9.17) is 0 Å². The number of rotatable bonds is 0. The molecule has 0 heterocycles. The van der Waals surface area contributed by atoms with Crippen LogP contribution in [-0.4, -0.2) is 0 Å². The minimum absolute atomic E-state index is 0. The number of hydrogen-bond donors (Lipinski definition) is 2. The van der Waals surface area contributed by atoms with Gasteiger partial charge in [0.05, 0.1) is 0 Å². The second-order valence-corrected chi connectivity index (χ2v) is 0. The summed E-state index contributed by atoms with van der Waals surface area (Å²) in [7, 11) is 0. The van der Waals surface area contributed by atoms with E-state index in [1.807, 2.05) is 0 Å². The molecule has 0 aromatic heterocycles. The van der Waals surface area contributed by atoms with Crippen molar-refractivity contribution in [3.8, 4) is 0 Å². The fourth-order valence-corrected chi connectivity index (χ4v) is 0. The van der Waals surface area contributed by atoms with E-state index in [2.05, 4.69) is 0 Å². The fourth-order valence-electron chi connectivity index (χ4n) is 0. The number of quaternary nitrogens is 2. The molecule has 0 saturated heterocycles. The van der Waals surface area contributed by atoms with E-state index in [1.165, 1.54) is 0 Å². The van der Waals surface area contributed by atoms with Crippen LogP contribution in [0.4, 0.5) is 0 Å². The minimum Gasteiger partial charge on any atom is -2.00 e. The zero-order valence-electron chi connectivity index (χ0n) is 4.82. The first-order valence-electron chi connectivity index (χ1n) is 0. The molecule has 32 valence electrons. The number of hydrogen-bond acceptors (Lipinski definition) is 0. The molecule has 8 N–H and O–H groups in total. The molecule has 0 saturated carbocycles. The van der Waals surface area contributed by atoms with Crippen LogP contribution < -0.4 is 71.4 Å². The first kappa shape index (κ1) is 72.9. The van der Waals surface area contributed by atoms with Crippen LogP contribution in [0.15, 0.2) is 0 Å². The van der Waals surface area contributed by atoms with Crippen LogP contribution in [-0.2, 0) is 27.0 Å². The predicted molar refractivity (Wildman–Crippen MR) is 26.7 cm³/mol. The Morgan fingerprint density at radius 1 is 0.500 bits per heavy atom. The smallest absolute Gasteiger partial charge is 1.00 e. The summed E-state index contributed by atoms with van der Waals surface area (Å²) in [5.74, 6) is 0. The molecule has 0 aliphatic heterocycles. The van der Waals surface area contributed by atoms with Crippen molar-refractivity contribution < 1.29 is 59.1 Å². The van der Waals surface area contributed by atoms with E-state index in [-0.39, 0.29) is 98.4 Å². The Bertz CT molecular complexity index is 9.51. The third-order valence-electron chi connectivity index (χ3n) is 0. The monoisotopic (exact) mass is 146 g/mol. The van der Waals surface area contributed by atoms with Crippen molar-refractivity contribution in [3.63, 3.8) is 0 Å². The standard InChI is InChI=1S/2H3N.2Na.2S/h2*1H3;;;;/q;;2*+1;2*-2/p+2. The summed E-state index contributed by atoms with van der Waals surface area (Å²) in [6.07, 6.45) is 0. The maximum absolute atomic E-state index is 0. The third kappa shape index (κ3) is 30.5. The van der Waals surface area contributed by atoms with Gasteiger partial charge in [-0.15, -0.1) is 0 Å². The Balaban J connectivity index is 0. The summed E-state index contributed by atoms with van der Waals surface area (Å²) >= 11 is 0. The Morgan fingerprint density at radius 3 is 0.500 bits per heavy atom. The molecule has 0 amide bonds. The van der Waals surface area contributed by atoms with Crippen LogP contribution in [0.2, 0.25) is 0 Å². The largest absolute Gasteiger partial charge is 2.00 e. The molecule has 0 aromatic carbocycles. The van der Waals surface area contributed by atoms with Gasteiger partial charge < -0.3 is 39.3 Å². The second-order valence-electron chi connectivity index (χ2n) is 0. The molecule has 0 radical (unpaired) electrons. The Hall–Kier alpha value is 2.62. The van der Waals surface area contributed by atoms with E-state index >= 15 is 0 Å². The van der Waals surface area contributed by atoms with Crippen LogP contribution in [0.5, 0.6) is 0 Å². The minimum atomic E-state index is 0. The summed E-state index contributed by atoms with van der Waals surface area (Å²) in [5, 5.41) is 0. The molecule has 0 spiro atoms. The molecule has 0 fully saturated rings. The van der Waals surface area contributed by atoms with Gasteiger partial charge in [-0.1, -0.05) is 0 Å². The molecule has 0 aliphatic carbocycles. The van der Waals surface area contributed by atoms with Gasteiger partial charge in [0.15, 0.2) is 0 Å². The van der Waals surface area contributed by atoms with Gasteiger partial charge in [-0.3, -0.25) is 0 Å². The second kappa shape index (κ2) is 48.6. The van der Waals surface area contributed by atoms with Crippen molar-refractivity contribution in [1.29, 1.82) is 0 Å². The van der Waals surface area contributed by atoms with Crippen molar-refractivity contribution in [1.82, 2.24) is 12.3 Å². The maximum Gasteiger partial charge on any atom is 1.00 e. The molecule has 0 bridgehead atoms. The average Bonchev–Trinajstić information content (AvgIpc) is 0. The molecule has 6 heavy (non-hydrogen) atoms. The maximum atomic E-state index is 0. The van der Waals surface area contributed by atoms with Crippen LogP contribution in [0.25, 0.3) is 0 Å². The Kier molecular flexibility index (Phi) is 591. The molecular weight excluding hydrogens is 138 g/mol. The van der Waals surface area contributed by atoms with Crippen LogP contribution in [0, 0.1) is 0 Å². The van der Waals surface area contributed by atoms with Crippen molar-refractivity contribution in [2.24, 2.45) is 0 Å². The van der Waals surface area contributed by atoms with Gasteiger partial charge in [-0.25, -0.2) is 0 Å². The predicted octanol–water partition coefficient (Wildman–Crippen LogP) is -5.24. The van der Waals surface area contributed by atoms with Crippen molar-refractivity contribution in [3.05, 3.63) is 0 Å². The quantitative estimate of drug-likeness (QED) is 0.321. The first-order chi connectivity index (χ1) is 0. The SMILES string of the molecule is [NH4+].[NH4+].[Na+].[Na+].[S-2].[S-2]. The third-order valence-corrected chi connectivity index (χ3v) is 0. The van der Waals surface area contributed by atoms with Gasteiger partial charge >= 0.3 is 59.1 Å². The van der Waals surface area contributed by atoms with Crippen LogP contribution >= 0.6 is 0 Å². The molecule has 0 aliphatic rings. The normalized spacial score (nSPS) is 0. The fraction of sp³-hybridized carbons (Fsp3) is 0.